The Balaban J connectivity index is 1.16. The van der Waals surface area contributed by atoms with E-state index in [1.807, 2.05) is 0 Å². The highest BCUT2D eigenvalue weighted by Gasteiger charge is 2.30. The standard InChI is InChI=1S/C30H41F3/c1-22-2-4-23(5-3-22)6-7-24-8-10-25(11-9-24)12-13-26-14-16-27(17-15-26)28-18-20-29(21-19-28)30(31,32)33/h6-7,12-13,18-27H,2-5,8-11,14-17H2,1H3/b7-6+,13-12+. The molecule has 0 amide bonds. The van der Waals surface area contributed by atoms with Crippen molar-refractivity contribution in [1.29, 1.82) is 0 Å². The van der Waals surface area contributed by atoms with Crippen LogP contribution in [0.4, 0.5) is 13.2 Å². The monoisotopic (exact) mass is 458 g/mol. The summed E-state index contributed by atoms with van der Waals surface area (Å²) in [6, 6.07) is 5.85. The summed E-state index contributed by atoms with van der Waals surface area (Å²) in [4.78, 5) is 0. The lowest BCUT2D eigenvalue weighted by atomic mass is 9.77. The first kappa shape index (κ1) is 24.6. The van der Waals surface area contributed by atoms with Gasteiger partial charge in [0.15, 0.2) is 0 Å². The summed E-state index contributed by atoms with van der Waals surface area (Å²) in [6.07, 6.45) is 21.1. The van der Waals surface area contributed by atoms with Crippen LogP contribution in [-0.2, 0) is 6.18 Å². The molecule has 0 aromatic heterocycles. The molecule has 0 saturated heterocycles. The number of alkyl halides is 3. The number of halogens is 3. The first-order valence-electron chi connectivity index (χ1n) is 13.4. The molecule has 3 aliphatic carbocycles. The van der Waals surface area contributed by atoms with Gasteiger partial charge in [0.25, 0.3) is 0 Å². The van der Waals surface area contributed by atoms with E-state index in [4.69, 9.17) is 0 Å². The van der Waals surface area contributed by atoms with E-state index in [9.17, 15) is 13.2 Å². The van der Waals surface area contributed by atoms with E-state index < -0.39 is 11.7 Å². The van der Waals surface area contributed by atoms with E-state index in [-0.39, 0.29) is 0 Å². The molecule has 0 heterocycles. The van der Waals surface area contributed by atoms with Crippen molar-refractivity contribution in [2.75, 3.05) is 0 Å². The summed E-state index contributed by atoms with van der Waals surface area (Å²) < 4.78 is 38.4. The van der Waals surface area contributed by atoms with Gasteiger partial charge in [0, 0.05) is 0 Å². The molecule has 0 atom stereocenters. The molecule has 3 heteroatoms. The number of rotatable bonds is 5. The molecule has 0 spiro atoms. The molecule has 3 aliphatic rings. The quantitative estimate of drug-likeness (QED) is 0.385. The third-order valence-corrected chi connectivity index (χ3v) is 8.67. The van der Waals surface area contributed by atoms with Gasteiger partial charge in [-0.2, -0.15) is 13.2 Å². The summed E-state index contributed by atoms with van der Waals surface area (Å²) >= 11 is 0. The van der Waals surface area contributed by atoms with Crippen molar-refractivity contribution in [3.8, 4) is 0 Å². The molecule has 0 aliphatic heterocycles. The van der Waals surface area contributed by atoms with Crippen molar-refractivity contribution >= 4 is 0 Å². The zero-order valence-corrected chi connectivity index (χ0v) is 20.2. The number of allylic oxidation sites excluding steroid dienone is 4. The summed E-state index contributed by atoms with van der Waals surface area (Å²) in [5.74, 6) is 4.33. The van der Waals surface area contributed by atoms with Gasteiger partial charge in [0.1, 0.15) is 0 Å². The summed E-state index contributed by atoms with van der Waals surface area (Å²) in [5.41, 5.74) is 0.524. The van der Waals surface area contributed by atoms with Gasteiger partial charge in [0.05, 0.1) is 5.56 Å². The van der Waals surface area contributed by atoms with Gasteiger partial charge in [-0.3, -0.25) is 0 Å². The van der Waals surface area contributed by atoms with Crippen LogP contribution in [0.2, 0.25) is 0 Å². The summed E-state index contributed by atoms with van der Waals surface area (Å²) in [6.45, 7) is 2.39. The van der Waals surface area contributed by atoms with Crippen molar-refractivity contribution in [2.45, 2.75) is 96.1 Å². The molecule has 0 bridgehead atoms. The van der Waals surface area contributed by atoms with E-state index in [1.54, 1.807) is 12.1 Å². The Morgan fingerprint density at radius 1 is 0.576 bits per heavy atom. The van der Waals surface area contributed by atoms with Gasteiger partial charge in [-0.05, 0) is 117 Å². The molecule has 0 nitrogen and oxygen atoms in total. The van der Waals surface area contributed by atoms with Crippen molar-refractivity contribution < 1.29 is 13.2 Å². The highest BCUT2D eigenvalue weighted by Crippen LogP contribution is 2.39. The van der Waals surface area contributed by atoms with Crippen LogP contribution in [0.25, 0.3) is 0 Å². The molecule has 3 saturated carbocycles. The molecule has 0 N–H and O–H groups in total. The molecule has 182 valence electrons. The predicted molar refractivity (Wildman–Crippen MR) is 131 cm³/mol. The maximum Gasteiger partial charge on any atom is 0.416 e. The van der Waals surface area contributed by atoms with E-state index in [0.29, 0.717) is 11.8 Å². The van der Waals surface area contributed by atoms with Crippen molar-refractivity contribution in [3.05, 3.63) is 59.7 Å². The number of hydrogen-bond acceptors (Lipinski definition) is 0. The average Bonchev–Trinajstić information content (AvgIpc) is 2.83. The SMILES string of the molecule is CC1CCC(/C=C/C2CCC(/C=C/C3CCC(c4ccc(C(F)(F)F)cc4)CC3)CC2)CC1. The topological polar surface area (TPSA) is 0 Å². The Morgan fingerprint density at radius 2 is 0.939 bits per heavy atom. The number of benzene rings is 1. The maximum absolute atomic E-state index is 12.8. The lowest BCUT2D eigenvalue weighted by Crippen LogP contribution is -2.14. The first-order chi connectivity index (χ1) is 15.9. The van der Waals surface area contributed by atoms with E-state index >= 15 is 0 Å². The van der Waals surface area contributed by atoms with E-state index in [0.717, 1.165) is 54.9 Å². The van der Waals surface area contributed by atoms with Crippen LogP contribution < -0.4 is 0 Å². The second kappa shape index (κ2) is 11.3. The highest BCUT2D eigenvalue weighted by atomic mass is 19.4. The highest BCUT2D eigenvalue weighted by molar-refractivity contribution is 5.27. The predicted octanol–water partition coefficient (Wildman–Crippen LogP) is 9.72. The lowest BCUT2D eigenvalue weighted by molar-refractivity contribution is -0.137. The van der Waals surface area contributed by atoms with E-state index in [1.165, 1.54) is 63.5 Å². The summed E-state index contributed by atoms with van der Waals surface area (Å²) in [5, 5.41) is 0. The molecule has 0 radical (unpaired) electrons. The minimum Gasteiger partial charge on any atom is -0.166 e. The molecule has 1 aromatic rings. The minimum absolute atomic E-state index is 0.409. The van der Waals surface area contributed by atoms with Crippen LogP contribution in [0.1, 0.15) is 101 Å². The van der Waals surface area contributed by atoms with Gasteiger partial charge in [-0.1, -0.05) is 56.2 Å². The average molecular weight is 459 g/mol. The van der Waals surface area contributed by atoms with Crippen LogP contribution in [0, 0.1) is 29.6 Å². The molecular weight excluding hydrogens is 417 g/mol. The molecule has 3 fully saturated rings. The van der Waals surface area contributed by atoms with Gasteiger partial charge >= 0.3 is 6.18 Å². The normalized spacial score (nSPS) is 34.2. The van der Waals surface area contributed by atoms with Gasteiger partial charge in [-0.15, -0.1) is 0 Å². The van der Waals surface area contributed by atoms with Crippen LogP contribution in [0.3, 0.4) is 0 Å². The third-order valence-electron chi connectivity index (χ3n) is 8.67. The van der Waals surface area contributed by atoms with Crippen molar-refractivity contribution in [2.24, 2.45) is 29.6 Å². The summed E-state index contributed by atoms with van der Waals surface area (Å²) in [7, 11) is 0. The fraction of sp³-hybridized carbons (Fsp3) is 0.667. The fourth-order valence-corrected chi connectivity index (χ4v) is 6.23. The van der Waals surface area contributed by atoms with Crippen molar-refractivity contribution in [1.82, 2.24) is 0 Å². The Morgan fingerprint density at radius 3 is 1.33 bits per heavy atom. The Labute approximate surface area is 198 Å². The number of hydrogen-bond donors (Lipinski definition) is 0. The van der Waals surface area contributed by atoms with Crippen LogP contribution >= 0.6 is 0 Å². The second-order valence-electron chi connectivity index (χ2n) is 11.2. The molecular formula is C30H41F3. The fourth-order valence-electron chi connectivity index (χ4n) is 6.23. The molecule has 0 unspecified atom stereocenters. The molecule has 33 heavy (non-hydrogen) atoms. The second-order valence-corrected chi connectivity index (χ2v) is 11.2. The smallest absolute Gasteiger partial charge is 0.166 e. The molecule has 1 aromatic carbocycles. The first-order valence-corrected chi connectivity index (χ1v) is 13.4. The molecule has 4 rings (SSSR count). The zero-order valence-electron chi connectivity index (χ0n) is 20.2. The lowest BCUT2D eigenvalue weighted by Gasteiger charge is -2.29. The maximum atomic E-state index is 12.8. The largest absolute Gasteiger partial charge is 0.416 e. The van der Waals surface area contributed by atoms with Gasteiger partial charge in [-0.25, -0.2) is 0 Å². The van der Waals surface area contributed by atoms with Gasteiger partial charge < -0.3 is 0 Å². The van der Waals surface area contributed by atoms with Crippen LogP contribution in [0.5, 0.6) is 0 Å². The van der Waals surface area contributed by atoms with Crippen LogP contribution in [0.15, 0.2) is 48.6 Å². The Hall–Kier alpha value is -1.51. The minimum atomic E-state index is -4.25. The van der Waals surface area contributed by atoms with Crippen LogP contribution in [-0.4, -0.2) is 0 Å². The Bertz CT molecular complexity index is 764. The van der Waals surface area contributed by atoms with E-state index in [2.05, 4.69) is 31.2 Å². The Kier molecular flexibility index (Phi) is 8.41. The van der Waals surface area contributed by atoms with Gasteiger partial charge in [0.2, 0.25) is 0 Å². The van der Waals surface area contributed by atoms with Crippen molar-refractivity contribution in [3.63, 3.8) is 0 Å². The third kappa shape index (κ3) is 7.23. The zero-order chi connectivity index (χ0) is 23.3.